The van der Waals surface area contributed by atoms with Gasteiger partial charge < -0.3 is 20.4 Å². The predicted molar refractivity (Wildman–Crippen MR) is 111 cm³/mol. The van der Waals surface area contributed by atoms with Gasteiger partial charge in [0.05, 0.1) is 18.3 Å². The lowest BCUT2D eigenvalue weighted by Gasteiger charge is -2.46. The van der Waals surface area contributed by atoms with Crippen LogP contribution in [0.25, 0.3) is 0 Å². The van der Waals surface area contributed by atoms with Crippen molar-refractivity contribution in [1.29, 1.82) is 0 Å². The van der Waals surface area contributed by atoms with Gasteiger partial charge in [-0.15, -0.1) is 0 Å². The fraction of sp³-hybridized carbons (Fsp3) is 1.00. The van der Waals surface area contributed by atoms with Gasteiger partial charge in [-0.25, -0.2) is 0 Å². The molecule has 2 atom stereocenters. The van der Waals surface area contributed by atoms with E-state index in [0.29, 0.717) is 5.41 Å². The highest BCUT2D eigenvalue weighted by molar-refractivity contribution is 4.90. The summed E-state index contributed by atoms with van der Waals surface area (Å²) in [7, 11) is 0. The lowest BCUT2D eigenvalue weighted by Crippen LogP contribution is -2.38. The second-order valence-electron chi connectivity index (χ2n) is 9.54. The van der Waals surface area contributed by atoms with Crippen molar-refractivity contribution in [2.75, 3.05) is 6.61 Å². The first-order valence-electron chi connectivity index (χ1n) is 11.4. The van der Waals surface area contributed by atoms with Gasteiger partial charge in [0.15, 0.2) is 0 Å². The van der Waals surface area contributed by atoms with Gasteiger partial charge in [0.2, 0.25) is 0 Å². The minimum absolute atomic E-state index is 0.0461. The van der Waals surface area contributed by atoms with Gasteiger partial charge in [-0.1, -0.05) is 34.1 Å². The highest BCUT2D eigenvalue weighted by Crippen LogP contribution is 2.48. The smallest absolute Gasteiger partial charge is 0.0590 e. The third-order valence-corrected chi connectivity index (χ3v) is 7.39. The molecule has 4 heteroatoms. The van der Waals surface area contributed by atoms with Crippen LogP contribution in [0, 0.1) is 23.2 Å². The zero-order valence-corrected chi connectivity index (χ0v) is 18.2. The predicted octanol–water partition coefficient (Wildman–Crippen LogP) is 4.28. The highest BCUT2D eigenvalue weighted by Gasteiger charge is 2.39. The molecule has 27 heavy (non-hydrogen) atoms. The van der Waals surface area contributed by atoms with Gasteiger partial charge in [-0.3, -0.25) is 0 Å². The lowest BCUT2D eigenvalue weighted by molar-refractivity contribution is 0.00233. The minimum Gasteiger partial charge on any atom is -0.396 e. The van der Waals surface area contributed by atoms with Crippen molar-refractivity contribution in [3.63, 3.8) is 0 Å². The molecule has 0 saturated heterocycles. The molecular weight excluding hydrogens is 340 g/mol. The van der Waals surface area contributed by atoms with E-state index in [4.69, 9.17) is 5.11 Å². The largest absolute Gasteiger partial charge is 0.396 e. The van der Waals surface area contributed by atoms with Crippen molar-refractivity contribution in [3.05, 3.63) is 0 Å². The van der Waals surface area contributed by atoms with Crippen LogP contribution in [0.15, 0.2) is 0 Å². The Morgan fingerprint density at radius 2 is 1.22 bits per heavy atom. The van der Waals surface area contributed by atoms with Gasteiger partial charge in [0.1, 0.15) is 0 Å². The Bertz CT molecular complexity index is 341. The molecule has 0 bridgehead atoms. The number of rotatable bonds is 7. The SMILES string of the molecule is CC(C)(C1CCC(O)CC1)C1CCC(O)CC1.CCCC(O)C(CC)CO. The standard InChI is InChI=1S/C15H28O2.C8H18O2/c1-15(2,11-3-7-13(16)8-4-11)12-5-9-14(17)10-6-12;1-3-5-8(10)7(4-2)6-9/h11-14,16-17H,3-10H2,1-2H3;7-10H,3-6H2,1-2H3. The summed E-state index contributed by atoms with van der Waals surface area (Å²) in [5.74, 6) is 1.62. The second-order valence-corrected chi connectivity index (χ2v) is 9.54. The molecule has 0 aromatic rings. The number of aliphatic hydroxyl groups excluding tert-OH is 4. The van der Waals surface area contributed by atoms with Crippen LogP contribution in [-0.4, -0.2) is 45.3 Å². The van der Waals surface area contributed by atoms with Crippen LogP contribution in [0.2, 0.25) is 0 Å². The zero-order chi connectivity index (χ0) is 20.4. The van der Waals surface area contributed by atoms with Crippen molar-refractivity contribution in [1.82, 2.24) is 0 Å². The summed E-state index contributed by atoms with van der Waals surface area (Å²) in [5.41, 5.74) is 0.389. The first-order valence-corrected chi connectivity index (χ1v) is 11.4. The average Bonchev–Trinajstić information content (AvgIpc) is 2.64. The molecular formula is C23H46O4. The third kappa shape index (κ3) is 8.00. The first-order chi connectivity index (χ1) is 12.8. The number of hydrogen-bond donors (Lipinski definition) is 4. The van der Waals surface area contributed by atoms with Crippen molar-refractivity contribution < 1.29 is 20.4 Å². The molecule has 2 saturated carbocycles. The van der Waals surface area contributed by atoms with E-state index in [1.54, 1.807) is 0 Å². The van der Waals surface area contributed by atoms with E-state index < -0.39 is 0 Å². The fourth-order valence-corrected chi connectivity index (χ4v) is 5.03. The molecule has 2 aliphatic carbocycles. The van der Waals surface area contributed by atoms with Crippen LogP contribution < -0.4 is 0 Å². The molecule has 2 rings (SSSR count). The van der Waals surface area contributed by atoms with E-state index in [0.717, 1.165) is 56.8 Å². The second kappa shape index (κ2) is 12.4. The van der Waals surface area contributed by atoms with Crippen LogP contribution >= 0.6 is 0 Å². The van der Waals surface area contributed by atoms with E-state index >= 15 is 0 Å². The van der Waals surface area contributed by atoms with Gasteiger partial charge in [-0.05, 0) is 81.5 Å². The Hall–Kier alpha value is -0.160. The van der Waals surface area contributed by atoms with Gasteiger partial charge in [0, 0.05) is 12.5 Å². The van der Waals surface area contributed by atoms with Gasteiger partial charge >= 0.3 is 0 Å². The highest BCUT2D eigenvalue weighted by atomic mass is 16.3. The molecule has 0 heterocycles. The van der Waals surface area contributed by atoms with Crippen LogP contribution in [0.3, 0.4) is 0 Å². The van der Waals surface area contributed by atoms with E-state index in [-0.39, 0.29) is 30.8 Å². The van der Waals surface area contributed by atoms with E-state index in [2.05, 4.69) is 13.8 Å². The molecule has 162 valence electrons. The Morgan fingerprint density at radius 3 is 1.52 bits per heavy atom. The first kappa shape index (κ1) is 24.9. The van der Waals surface area contributed by atoms with Crippen molar-refractivity contribution in [2.45, 2.75) is 117 Å². The Morgan fingerprint density at radius 1 is 0.815 bits per heavy atom. The molecule has 0 radical (unpaired) electrons. The maximum Gasteiger partial charge on any atom is 0.0590 e. The third-order valence-electron chi connectivity index (χ3n) is 7.39. The molecule has 0 aliphatic heterocycles. The monoisotopic (exact) mass is 386 g/mol. The van der Waals surface area contributed by atoms with Gasteiger partial charge in [-0.2, -0.15) is 0 Å². The molecule has 0 spiro atoms. The molecule has 2 fully saturated rings. The van der Waals surface area contributed by atoms with Crippen molar-refractivity contribution in [3.8, 4) is 0 Å². The van der Waals surface area contributed by atoms with E-state index in [9.17, 15) is 15.3 Å². The van der Waals surface area contributed by atoms with Crippen LogP contribution in [0.4, 0.5) is 0 Å². The summed E-state index contributed by atoms with van der Waals surface area (Å²) < 4.78 is 0. The summed E-state index contributed by atoms with van der Waals surface area (Å²) >= 11 is 0. The van der Waals surface area contributed by atoms with Gasteiger partial charge in [0.25, 0.3) is 0 Å². The molecule has 2 aliphatic rings. The molecule has 0 amide bonds. The topological polar surface area (TPSA) is 80.9 Å². The Kier molecular flexibility index (Phi) is 11.4. The Labute approximate surface area is 167 Å². The maximum absolute atomic E-state index is 9.60. The number of aliphatic hydroxyl groups is 4. The molecule has 0 aromatic carbocycles. The summed E-state index contributed by atoms with van der Waals surface area (Å²) in [5, 5.41) is 37.3. The summed E-state index contributed by atoms with van der Waals surface area (Å²) in [6.45, 7) is 8.96. The van der Waals surface area contributed by atoms with Crippen LogP contribution in [0.5, 0.6) is 0 Å². The summed E-state index contributed by atoms with van der Waals surface area (Å²) in [6.07, 6.45) is 11.0. The normalized spacial score (nSPS) is 31.6. The van der Waals surface area contributed by atoms with Crippen LogP contribution in [0.1, 0.15) is 98.3 Å². The molecule has 0 aromatic heterocycles. The van der Waals surface area contributed by atoms with E-state index in [1.807, 2.05) is 13.8 Å². The molecule has 2 unspecified atom stereocenters. The lowest BCUT2D eigenvalue weighted by atomic mass is 9.60. The zero-order valence-electron chi connectivity index (χ0n) is 18.2. The van der Waals surface area contributed by atoms with E-state index in [1.165, 1.54) is 25.7 Å². The molecule has 4 nitrogen and oxygen atoms in total. The Balaban J connectivity index is 0.000000314. The number of hydrogen-bond acceptors (Lipinski definition) is 4. The van der Waals surface area contributed by atoms with Crippen LogP contribution in [-0.2, 0) is 0 Å². The summed E-state index contributed by atoms with van der Waals surface area (Å²) in [4.78, 5) is 0. The fourth-order valence-electron chi connectivity index (χ4n) is 5.03. The average molecular weight is 387 g/mol. The maximum atomic E-state index is 9.60. The minimum atomic E-state index is -0.306. The van der Waals surface area contributed by atoms with Crippen molar-refractivity contribution >= 4 is 0 Å². The van der Waals surface area contributed by atoms with Crippen molar-refractivity contribution in [2.24, 2.45) is 23.2 Å². The molecule has 4 N–H and O–H groups in total. The summed E-state index contributed by atoms with van der Waals surface area (Å²) in [6, 6.07) is 0. The quantitative estimate of drug-likeness (QED) is 0.526.